The number of hydrogen-bond donors (Lipinski definition) is 0. The molecule has 0 aliphatic heterocycles. The van der Waals surface area contributed by atoms with Crippen molar-refractivity contribution in [2.24, 2.45) is 0 Å². The van der Waals surface area contributed by atoms with Crippen LogP contribution in [0, 0.1) is 0 Å². The highest BCUT2D eigenvalue weighted by atomic mass is 15.1. The molecule has 1 heteroatoms. The molecule has 6 rings (SSSR count). The second-order valence-electron chi connectivity index (χ2n) is 9.08. The molecule has 6 aromatic carbocycles. The van der Waals surface area contributed by atoms with Crippen molar-refractivity contribution in [3.05, 3.63) is 158 Å². The molecule has 0 fully saturated rings. The van der Waals surface area contributed by atoms with Gasteiger partial charge < -0.3 is 4.90 Å². The molecule has 6 aromatic rings. The minimum absolute atomic E-state index is 1.12. The van der Waals surface area contributed by atoms with Crippen molar-refractivity contribution in [3.8, 4) is 22.3 Å². The quantitative estimate of drug-likeness (QED) is 0.232. The standard InChI is InChI=1S/C36H27N/c1-2-27-21-26-35(36-16-10-9-15-34(27)36)30-19-24-33(25-20-30)37(31-13-7-4-8-14-31)32-22-17-29(18-23-32)28-11-5-3-6-12-28/h2-26H,1H2. The molecule has 0 atom stereocenters. The molecule has 0 radical (unpaired) electrons. The second-order valence-corrected chi connectivity index (χ2v) is 9.08. The van der Waals surface area contributed by atoms with E-state index < -0.39 is 0 Å². The van der Waals surface area contributed by atoms with Gasteiger partial charge in [-0.1, -0.05) is 122 Å². The van der Waals surface area contributed by atoms with Crippen LogP contribution < -0.4 is 4.90 Å². The molecule has 0 unspecified atom stereocenters. The van der Waals surface area contributed by atoms with Gasteiger partial charge in [-0.05, 0) is 75.0 Å². The van der Waals surface area contributed by atoms with Crippen molar-refractivity contribution in [1.29, 1.82) is 0 Å². The molecule has 0 aliphatic carbocycles. The van der Waals surface area contributed by atoms with E-state index >= 15 is 0 Å². The van der Waals surface area contributed by atoms with E-state index in [9.17, 15) is 0 Å². The van der Waals surface area contributed by atoms with Crippen LogP contribution in [0.1, 0.15) is 5.56 Å². The minimum atomic E-state index is 1.12. The molecule has 0 spiro atoms. The van der Waals surface area contributed by atoms with Crippen LogP contribution in [0.5, 0.6) is 0 Å². The van der Waals surface area contributed by atoms with Crippen molar-refractivity contribution in [2.75, 3.05) is 4.90 Å². The van der Waals surface area contributed by atoms with Gasteiger partial charge in [0.25, 0.3) is 0 Å². The van der Waals surface area contributed by atoms with E-state index in [1.54, 1.807) is 0 Å². The number of hydrogen-bond acceptors (Lipinski definition) is 1. The van der Waals surface area contributed by atoms with Crippen molar-refractivity contribution in [1.82, 2.24) is 0 Å². The first-order valence-corrected chi connectivity index (χ1v) is 12.6. The highest BCUT2D eigenvalue weighted by Crippen LogP contribution is 2.38. The lowest BCUT2D eigenvalue weighted by Crippen LogP contribution is -2.09. The summed E-state index contributed by atoms with van der Waals surface area (Å²) in [6, 6.07) is 51.6. The average molecular weight is 474 g/mol. The third-order valence-corrected chi connectivity index (χ3v) is 6.86. The zero-order valence-corrected chi connectivity index (χ0v) is 20.6. The highest BCUT2D eigenvalue weighted by molar-refractivity contribution is 6.01. The van der Waals surface area contributed by atoms with Gasteiger partial charge in [-0.25, -0.2) is 0 Å². The van der Waals surface area contributed by atoms with Crippen LogP contribution in [0.3, 0.4) is 0 Å². The Morgan fingerprint density at radius 1 is 0.405 bits per heavy atom. The third-order valence-electron chi connectivity index (χ3n) is 6.86. The van der Waals surface area contributed by atoms with Gasteiger partial charge in [-0.2, -0.15) is 0 Å². The van der Waals surface area contributed by atoms with E-state index in [2.05, 4.69) is 157 Å². The van der Waals surface area contributed by atoms with Gasteiger partial charge in [-0.15, -0.1) is 0 Å². The fraction of sp³-hybridized carbons (Fsp3) is 0. The van der Waals surface area contributed by atoms with Crippen molar-refractivity contribution in [3.63, 3.8) is 0 Å². The van der Waals surface area contributed by atoms with Gasteiger partial charge in [-0.3, -0.25) is 0 Å². The minimum Gasteiger partial charge on any atom is -0.311 e. The van der Waals surface area contributed by atoms with Crippen molar-refractivity contribution < 1.29 is 0 Å². The normalized spacial score (nSPS) is 10.8. The maximum atomic E-state index is 3.99. The van der Waals surface area contributed by atoms with E-state index in [0.29, 0.717) is 0 Å². The lowest BCUT2D eigenvalue weighted by atomic mass is 9.95. The SMILES string of the molecule is C=Cc1ccc(-c2ccc(N(c3ccccc3)c3ccc(-c4ccccc4)cc3)cc2)c2ccccc12. The van der Waals surface area contributed by atoms with Gasteiger partial charge in [0.2, 0.25) is 0 Å². The predicted molar refractivity (Wildman–Crippen MR) is 160 cm³/mol. The number of anilines is 3. The number of fused-ring (bicyclic) bond motifs is 1. The first kappa shape index (κ1) is 22.6. The molecule has 176 valence electrons. The van der Waals surface area contributed by atoms with Crippen LogP contribution >= 0.6 is 0 Å². The van der Waals surface area contributed by atoms with Gasteiger partial charge >= 0.3 is 0 Å². The summed E-state index contributed by atoms with van der Waals surface area (Å²) >= 11 is 0. The Bertz CT molecular complexity index is 1650. The van der Waals surface area contributed by atoms with Crippen LogP contribution in [-0.4, -0.2) is 0 Å². The summed E-state index contributed by atoms with van der Waals surface area (Å²) in [5.41, 5.74) is 9.39. The molecule has 0 bridgehead atoms. The van der Waals surface area contributed by atoms with E-state index in [4.69, 9.17) is 0 Å². The van der Waals surface area contributed by atoms with Gasteiger partial charge in [0.05, 0.1) is 0 Å². The number of benzene rings is 6. The maximum absolute atomic E-state index is 3.99. The lowest BCUT2D eigenvalue weighted by Gasteiger charge is -2.26. The molecule has 0 amide bonds. The Morgan fingerprint density at radius 2 is 0.892 bits per heavy atom. The largest absolute Gasteiger partial charge is 0.311 e. The first-order chi connectivity index (χ1) is 18.3. The molecule has 37 heavy (non-hydrogen) atoms. The van der Waals surface area contributed by atoms with E-state index in [-0.39, 0.29) is 0 Å². The summed E-state index contributed by atoms with van der Waals surface area (Å²) in [6.45, 7) is 3.99. The van der Waals surface area contributed by atoms with Crippen LogP contribution in [-0.2, 0) is 0 Å². The molecule has 0 heterocycles. The first-order valence-electron chi connectivity index (χ1n) is 12.6. The second kappa shape index (κ2) is 10.0. The monoisotopic (exact) mass is 473 g/mol. The smallest absolute Gasteiger partial charge is 0.0462 e. The Labute approximate surface area is 218 Å². The Balaban J connectivity index is 1.40. The summed E-state index contributed by atoms with van der Waals surface area (Å²) in [5, 5.41) is 2.47. The number of rotatable bonds is 6. The Morgan fingerprint density at radius 3 is 1.51 bits per heavy atom. The summed E-state index contributed by atoms with van der Waals surface area (Å²) in [5.74, 6) is 0. The van der Waals surface area contributed by atoms with Gasteiger partial charge in [0.15, 0.2) is 0 Å². The molecule has 0 aliphatic rings. The number of para-hydroxylation sites is 1. The maximum Gasteiger partial charge on any atom is 0.0462 e. The Hall–Kier alpha value is -4.88. The van der Waals surface area contributed by atoms with E-state index in [0.717, 1.165) is 22.6 Å². The topological polar surface area (TPSA) is 3.24 Å². The van der Waals surface area contributed by atoms with Crippen LogP contribution in [0.2, 0.25) is 0 Å². The fourth-order valence-corrected chi connectivity index (χ4v) is 5.00. The lowest BCUT2D eigenvalue weighted by molar-refractivity contribution is 1.28. The summed E-state index contributed by atoms with van der Waals surface area (Å²) in [7, 11) is 0. The van der Waals surface area contributed by atoms with E-state index in [1.807, 2.05) is 6.08 Å². The molecule has 0 saturated carbocycles. The number of nitrogens with zero attached hydrogens (tertiary/aromatic N) is 1. The average Bonchev–Trinajstić information content (AvgIpc) is 2.98. The van der Waals surface area contributed by atoms with E-state index in [1.165, 1.54) is 33.0 Å². The van der Waals surface area contributed by atoms with Gasteiger partial charge in [0, 0.05) is 17.1 Å². The third kappa shape index (κ3) is 4.44. The van der Waals surface area contributed by atoms with Crippen LogP contribution in [0.4, 0.5) is 17.1 Å². The van der Waals surface area contributed by atoms with Crippen molar-refractivity contribution in [2.45, 2.75) is 0 Å². The molecule has 0 N–H and O–H groups in total. The highest BCUT2D eigenvalue weighted by Gasteiger charge is 2.13. The fourth-order valence-electron chi connectivity index (χ4n) is 5.00. The Kier molecular flexibility index (Phi) is 6.10. The summed E-state index contributed by atoms with van der Waals surface area (Å²) in [6.07, 6.45) is 1.93. The zero-order chi connectivity index (χ0) is 25.0. The summed E-state index contributed by atoms with van der Waals surface area (Å²) in [4.78, 5) is 2.30. The summed E-state index contributed by atoms with van der Waals surface area (Å²) < 4.78 is 0. The van der Waals surface area contributed by atoms with Crippen LogP contribution in [0.15, 0.2) is 152 Å². The molecule has 0 saturated heterocycles. The molecular weight excluding hydrogens is 446 g/mol. The zero-order valence-electron chi connectivity index (χ0n) is 20.6. The van der Waals surface area contributed by atoms with Gasteiger partial charge in [0.1, 0.15) is 0 Å². The predicted octanol–water partition coefficient (Wildman–Crippen LogP) is 10.3. The molecule has 1 nitrogen and oxygen atoms in total. The molecular formula is C36H27N. The van der Waals surface area contributed by atoms with Crippen LogP contribution in [0.25, 0.3) is 39.1 Å². The molecule has 0 aromatic heterocycles. The van der Waals surface area contributed by atoms with Crippen molar-refractivity contribution >= 4 is 33.9 Å².